The molecule has 0 aromatic heterocycles. The van der Waals surface area contributed by atoms with Gasteiger partial charge in [0.25, 0.3) is 0 Å². The molecule has 2 aromatic carbocycles. The molecule has 0 bridgehead atoms. The van der Waals surface area contributed by atoms with Gasteiger partial charge in [0.1, 0.15) is 10.6 Å². The molecule has 1 heterocycles. The van der Waals surface area contributed by atoms with Crippen molar-refractivity contribution in [3.63, 3.8) is 0 Å². The SMILES string of the molecule is COc1ccc(C(=O)OCC(=O)c2cc(Cl)ccc2Cl)cc1S(=O)(=O)N1CCOCC1. The van der Waals surface area contributed by atoms with E-state index in [0.717, 1.165) is 0 Å². The molecule has 1 aliphatic rings. The summed E-state index contributed by atoms with van der Waals surface area (Å²) >= 11 is 11.9. The van der Waals surface area contributed by atoms with E-state index in [-0.39, 0.29) is 53.1 Å². The van der Waals surface area contributed by atoms with Gasteiger partial charge in [0.2, 0.25) is 15.8 Å². The van der Waals surface area contributed by atoms with Gasteiger partial charge in [-0.25, -0.2) is 13.2 Å². The smallest absolute Gasteiger partial charge is 0.338 e. The molecule has 8 nitrogen and oxygen atoms in total. The highest BCUT2D eigenvalue weighted by Crippen LogP contribution is 2.29. The minimum absolute atomic E-state index is 0.0439. The summed E-state index contributed by atoms with van der Waals surface area (Å²) in [5, 5.41) is 0.487. The topological polar surface area (TPSA) is 99.2 Å². The third kappa shape index (κ3) is 5.36. The predicted octanol–water partition coefficient (Wildman–Crippen LogP) is 3.06. The van der Waals surface area contributed by atoms with Crippen LogP contribution in [0.5, 0.6) is 5.75 Å². The molecule has 31 heavy (non-hydrogen) atoms. The zero-order chi connectivity index (χ0) is 22.6. The van der Waals surface area contributed by atoms with Gasteiger partial charge in [0, 0.05) is 23.7 Å². The van der Waals surface area contributed by atoms with Crippen LogP contribution in [-0.2, 0) is 19.5 Å². The van der Waals surface area contributed by atoms with Crippen molar-refractivity contribution in [2.45, 2.75) is 4.90 Å². The van der Waals surface area contributed by atoms with E-state index in [1.165, 1.54) is 47.8 Å². The van der Waals surface area contributed by atoms with E-state index < -0.39 is 28.4 Å². The third-order valence-corrected chi connectivity index (χ3v) is 7.03. The zero-order valence-corrected chi connectivity index (χ0v) is 18.8. The molecule has 1 fully saturated rings. The van der Waals surface area contributed by atoms with E-state index in [1.807, 2.05) is 0 Å². The van der Waals surface area contributed by atoms with Crippen LogP contribution in [0.25, 0.3) is 0 Å². The molecule has 1 aliphatic heterocycles. The quantitative estimate of drug-likeness (QED) is 0.436. The molecular weight excluding hydrogens is 469 g/mol. The molecule has 166 valence electrons. The fourth-order valence-electron chi connectivity index (χ4n) is 2.93. The van der Waals surface area contributed by atoms with Gasteiger partial charge in [-0.05, 0) is 36.4 Å². The number of methoxy groups -OCH3 is 1. The summed E-state index contributed by atoms with van der Waals surface area (Å²) < 4.78 is 42.7. The Bertz CT molecular complexity index is 1100. The van der Waals surface area contributed by atoms with Gasteiger partial charge in [-0.3, -0.25) is 4.79 Å². The number of halogens is 2. The summed E-state index contributed by atoms with van der Waals surface area (Å²) in [6.07, 6.45) is 0. The standard InChI is InChI=1S/C20H19Cl2NO7S/c1-28-18-5-2-13(10-19(18)31(26,27)23-6-8-29-9-7-23)20(25)30-12-17(24)15-11-14(21)3-4-16(15)22/h2-5,10-11H,6-9,12H2,1H3. The number of sulfonamides is 1. The second-order valence-electron chi connectivity index (χ2n) is 6.51. The zero-order valence-electron chi connectivity index (χ0n) is 16.5. The molecular formula is C20H19Cl2NO7S. The predicted molar refractivity (Wildman–Crippen MR) is 114 cm³/mol. The number of Topliss-reactive ketones (excluding diaryl/α,β-unsaturated/α-hetero) is 1. The molecule has 0 unspecified atom stereocenters. The van der Waals surface area contributed by atoms with Crippen molar-refractivity contribution in [3.05, 3.63) is 57.6 Å². The fraction of sp³-hybridized carbons (Fsp3) is 0.300. The second-order valence-corrected chi connectivity index (χ2v) is 9.26. The van der Waals surface area contributed by atoms with Crippen LogP contribution in [0.1, 0.15) is 20.7 Å². The van der Waals surface area contributed by atoms with Crippen molar-refractivity contribution >= 4 is 45.0 Å². The summed E-state index contributed by atoms with van der Waals surface area (Å²) in [6, 6.07) is 8.25. The van der Waals surface area contributed by atoms with Crippen molar-refractivity contribution < 1.29 is 32.2 Å². The molecule has 0 spiro atoms. The Morgan fingerprint density at radius 1 is 1.10 bits per heavy atom. The Balaban J connectivity index is 1.79. The lowest BCUT2D eigenvalue weighted by Gasteiger charge is -2.26. The Hall–Kier alpha value is -2.17. The van der Waals surface area contributed by atoms with Crippen LogP contribution in [0.3, 0.4) is 0 Å². The molecule has 0 amide bonds. The normalized spacial score (nSPS) is 14.8. The first-order valence-corrected chi connectivity index (χ1v) is 11.3. The fourth-order valence-corrected chi connectivity index (χ4v) is 4.92. The van der Waals surface area contributed by atoms with Crippen LogP contribution < -0.4 is 4.74 Å². The molecule has 1 saturated heterocycles. The maximum atomic E-state index is 13.0. The van der Waals surface area contributed by atoms with Gasteiger partial charge >= 0.3 is 5.97 Å². The first kappa shape index (κ1) is 23.5. The first-order chi connectivity index (χ1) is 14.7. The molecule has 2 aromatic rings. The number of rotatable bonds is 7. The van der Waals surface area contributed by atoms with Crippen LogP contribution in [0.2, 0.25) is 10.0 Å². The van der Waals surface area contributed by atoms with Crippen molar-refractivity contribution in [1.29, 1.82) is 0 Å². The largest absolute Gasteiger partial charge is 0.495 e. The molecule has 0 atom stereocenters. The maximum absolute atomic E-state index is 13.0. The van der Waals surface area contributed by atoms with Crippen LogP contribution >= 0.6 is 23.2 Å². The average Bonchev–Trinajstić information content (AvgIpc) is 2.78. The van der Waals surface area contributed by atoms with E-state index in [1.54, 1.807) is 0 Å². The van der Waals surface area contributed by atoms with Gasteiger partial charge < -0.3 is 14.2 Å². The van der Waals surface area contributed by atoms with Gasteiger partial charge in [0.05, 0.1) is 30.9 Å². The number of carbonyl (C=O) groups excluding carboxylic acids is 2. The van der Waals surface area contributed by atoms with E-state index in [4.69, 9.17) is 37.4 Å². The number of morpholine rings is 1. The summed E-state index contributed by atoms with van der Waals surface area (Å²) in [5.41, 5.74) is 0.0740. The van der Waals surface area contributed by atoms with Gasteiger partial charge in [-0.15, -0.1) is 0 Å². The van der Waals surface area contributed by atoms with Crippen molar-refractivity contribution in [2.24, 2.45) is 0 Å². The summed E-state index contributed by atoms with van der Waals surface area (Å²) in [5.74, 6) is -1.33. The number of ketones is 1. The maximum Gasteiger partial charge on any atom is 0.338 e. The molecule has 0 aliphatic carbocycles. The van der Waals surface area contributed by atoms with E-state index in [2.05, 4.69) is 0 Å². The van der Waals surface area contributed by atoms with Gasteiger partial charge in [-0.2, -0.15) is 4.31 Å². The Morgan fingerprint density at radius 3 is 2.48 bits per heavy atom. The van der Waals surface area contributed by atoms with Crippen LogP contribution in [0, 0.1) is 0 Å². The Labute approximate surface area is 189 Å². The molecule has 3 rings (SSSR count). The second kappa shape index (κ2) is 9.97. The summed E-state index contributed by atoms with van der Waals surface area (Å²) in [6.45, 7) is 0.343. The summed E-state index contributed by atoms with van der Waals surface area (Å²) in [7, 11) is -2.59. The van der Waals surface area contributed by atoms with Crippen molar-refractivity contribution in [3.8, 4) is 5.75 Å². The number of hydrogen-bond acceptors (Lipinski definition) is 7. The van der Waals surface area contributed by atoms with Crippen LogP contribution in [-0.4, -0.2) is 64.5 Å². The highest BCUT2D eigenvalue weighted by atomic mass is 35.5. The third-order valence-electron chi connectivity index (χ3n) is 4.55. The van der Waals surface area contributed by atoms with Crippen LogP contribution in [0.15, 0.2) is 41.3 Å². The Kier molecular flexibility index (Phi) is 7.55. The summed E-state index contributed by atoms with van der Waals surface area (Å²) in [4.78, 5) is 24.6. The van der Waals surface area contributed by atoms with Crippen LogP contribution in [0.4, 0.5) is 0 Å². The number of hydrogen-bond donors (Lipinski definition) is 0. The lowest BCUT2D eigenvalue weighted by atomic mass is 10.1. The lowest BCUT2D eigenvalue weighted by Crippen LogP contribution is -2.40. The number of carbonyl (C=O) groups is 2. The molecule has 0 saturated carbocycles. The number of esters is 1. The molecule has 0 N–H and O–H groups in total. The lowest BCUT2D eigenvalue weighted by molar-refractivity contribution is 0.0474. The van der Waals surface area contributed by atoms with E-state index in [9.17, 15) is 18.0 Å². The van der Waals surface area contributed by atoms with E-state index in [0.29, 0.717) is 5.02 Å². The molecule has 11 heteroatoms. The highest BCUT2D eigenvalue weighted by Gasteiger charge is 2.30. The average molecular weight is 488 g/mol. The number of benzene rings is 2. The number of ether oxygens (including phenoxy) is 3. The van der Waals surface area contributed by atoms with Crippen molar-refractivity contribution in [2.75, 3.05) is 40.0 Å². The van der Waals surface area contributed by atoms with Crippen molar-refractivity contribution in [1.82, 2.24) is 4.31 Å². The molecule has 0 radical (unpaired) electrons. The monoisotopic (exact) mass is 487 g/mol. The highest BCUT2D eigenvalue weighted by molar-refractivity contribution is 7.89. The van der Waals surface area contributed by atoms with Gasteiger partial charge in [-0.1, -0.05) is 23.2 Å². The van der Waals surface area contributed by atoms with E-state index >= 15 is 0 Å². The minimum atomic E-state index is -3.92. The number of nitrogens with zero attached hydrogens (tertiary/aromatic N) is 1. The minimum Gasteiger partial charge on any atom is -0.495 e. The first-order valence-electron chi connectivity index (χ1n) is 9.15. The van der Waals surface area contributed by atoms with Gasteiger partial charge in [0.15, 0.2) is 6.61 Å². The Morgan fingerprint density at radius 2 is 1.81 bits per heavy atom.